The van der Waals surface area contributed by atoms with Gasteiger partial charge in [-0.3, -0.25) is 4.79 Å². The lowest BCUT2D eigenvalue weighted by molar-refractivity contribution is -0.119. The Morgan fingerprint density at radius 3 is 2.30 bits per heavy atom. The zero-order valence-corrected chi connectivity index (χ0v) is 21.2. The van der Waals surface area contributed by atoms with Gasteiger partial charge in [0.25, 0.3) is 0 Å². The van der Waals surface area contributed by atoms with Gasteiger partial charge in [0.1, 0.15) is 12.4 Å². The Balaban J connectivity index is 0. The van der Waals surface area contributed by atoms with Gasteiger partial charge in [0.15, 0.2) is 0 Å². The number of rotatable bonds is 13. The van der Waals surface area contributed by atoms with E-state index in [9.17, 15) is 9.82 Å². The maximum Gasteiger partial charge on any atom is 0.486 e. The Labute approximate surface area is 190 Å². The van der Waals surface area contributed by atoms with Gasteiger partial charge in [-0.2, -0.15) is 0 Å². The summed E-state index contributed by atoms with van der Waals surface area (Å²) in [6.45, 7) is 16.5. The van der Waals surface area contributed by atoms with E-state index < -0.39 is 6.33 Å². The Morgan fingerprint density at radius 2 is 1.83 bits per heavy atom. The summed E-state index contributed by atoms with van der Waals surface area (Å²) in [6, 6.07) is 0. The van der Waals surface area contributed by atoms with Crippen LogP contribution in [0.15, 0.2) is 24.0 Å². The second-order valence-corrected chi connectivity index (χ2v) is 8.17. The molecular weight excluding hydrogens is 397 g/mol. The van der Waals surface area contributed by atoms with E-state index >= 15 is 0 Å². The fourth-order valence-corrected chi connectivity index (χ4v) is 3.60. The third-order valence-electron chi connectivity index (χ3n) is 3.98. The van der Waals surface area contributed by atoms with Crippen molar-refractivity contribution in [2.75, 3.05) is 19.8 Å². The number of hydrogen-bond donors (Lipinski definition) is 2. The Morgan fingerprint density at radius 1 is 1.17 bits per heavy atom. The number of carbonyl (C=O) groups is 1. The van der Waals surface area contributed by atoms with Crippen molar-refractivity contribution in [1.82, 2.24) is 5.23 Å². The molecule has 1 heterocycles. The summed E-state index contributed by atoms with van der Waals surface area (Å²) in [5, 5.41) is 11.7. The summed E-state index contributed by atoms with van der Waals surface area (Å²) in [5.74, 6) is 0.975. The molecule has 5 nitrogen and oxygen atoms in total. The van der Waals surface area contributed by atoms with Crippen LogP contribution in [0.3, 0.4) is 0 Å². The molecular formula is C23H46BNO4S. The van der Waals surface area contributed by atoms with Gasteiger partial charge in [0.05, 0.1) is 11.9 Å². The largest absolute Gasteiger partial charge is 0.492 e. The Bertz CT molecular complexity index is 458. The molecule has 1 fully saturated rings. The molecule has 176 valence electrons. The molecule has 1 amide bonds. The zero-order chi connectivity index (χ0) is 23.2. The molecule has 2 atom stereocenters. The molecule has 7 heteroatoms. The number of allylic oxidation sites excluding steroid dienone is 3. The van der Waals surface area contributed by atoms with Crippen LogP contribution < -0.4 is 5.23 Å². The van der Waals surface area contributed by atoms with Crippen LogP contribution in [-0.4, -0.2) is 42.3 Å². The lowest BCUT2D eigenvalue weighted by Gasteiger charge is -2.11. The average Bonchev–Trinajstić information content (AvgIpc) is 3.05. The standard InChI is InChI=1S/C16H28BNO4S.C5H12.C2H6/c1-4-6-14(22-11-10-21-9-5-2)8-7-13(3)12-15-16(19)18-17(20)23-15;1-3-5-4-2;1-2/h6-8,13,15,20H,4-5,9-12H2,1-3H3,(H,18,19);3-5H2,1-2H3;1-2H3/b8-7-,14-6+;;. The van der Waals surface area contributed by atoms with Crippen LogP contribution in [0, 0.1) is 5.92 Å². The SMILES string of the molecule is CC.CC/C=C(\C=C/C(C)CC1SB(O)NC1=O)OCCOCCC.CCCCC. The second-order valence-electron chi connectivity index (χ2n) is 6.89. The molecule has 0 saturated carbocycles. The smallest absolute Gasteiger partial charge is 0.486 e. The minimum absolute atomic E-state index is 0.0867. The third kappa shape index (κ3) is 17.9. The van der Waals surface area contributed by atoms with E-state index in [1.807, 2.05) is 32.1 Å². The Kier molecular flexibility index (Phi) is 23.7. The van der Waals surface area contributed by atoms with Crippen LogP contribution in [0.2, 0.25) is 0 Å². The fraction of sp³-hybridized carbons (Fsp3) is 0.783. The monoisotopic (exact) mass is 443 g/mol. The third-order valence-corrected chi connectivity index (χ3v) is 5.09. The number of unbranched alkanes of at least 4 members (excludes halogenated alkanes) is 2. The van der Waals surface area contributed by atoms with Gasteiger partial charge in [-0.25, -0.2) is 0 Å². The molecule has 2 unspecified atom stereocenters. The molecule has 0 aromatic heterocycles. The number of nitrogens with one attached hydrogen (secondary N) is 1. The van der Waals surface area contributed by atoms with Gasteiger partial charge >= 0.3 is 6.33 Å². The molecule has 1 saturated heterocycles. The summed E-state index contributed by atoms with van der Waals surface area (Å²) in [7, 11) is 0. The first kappa shape index (κ1) is 31.3. The van der Waals surface area contributed by atoms with Crippen LogP contribution in [0.1, 0.15) is 87.0 Å². The van der Waals surface area contributed by atoms with Crippen LogP contribution in [0.25, 0.3) is 0 Å². The second kappa shape index (κ2) is 22.8. The molecule has 1 aliphatic rings. The van der Waals surface area contributed by atoms with Crippen LogP contribution in [0.5, 0.6) is 0 Å². The van der Waals surface area contributed by atoms with Crippen LogP contribution in [0.4, 0.5) is 0 Å². The number of hydrogen-bond acceptors (Lipinski definition) is 5. The highest BCUT2D eigenvalue weighted by atomic mass is 32.2. The van der Waals surface area contributed by atoms with Crippen molar-refractivity contribution in [2.24, 2.45) is 5.92 Å². The van der Waals surface area contributed by atoms with E-state index in [-0.39, 0.29) is 17.1 Å². The summed E-state index contributed by atoms with van der Waals surface area (Å²) in [6.07, 6.45) is 12.0. The molecule has 2 N–H and O–H groups in total. The van der Waals surface area contributed by atoms with Crippen molar-refractivity contribution >= 4 is 23.8 Å². The predicted octanol–water partition coefficient (Wildman–Crippen LogP) is 5.74. The van der Waals surface area contributed by atoms with Gasteiger partial charge in [-0.05, 0) is 37.3 Å². The quantitative estimate of drug-likeness (QED) is 0.165. The van der Waals surface area contributed by atoms with E-state index in [1.165, 1.54) is 30.9 Å². The fourth-order valence-electron chi connectivity index (χ4n) is 2.50. The highest BCUT2D eigenvalue weighted by molar-refractivity contribution is 8.26. The molecule has 0 aliphatic carbocycles. The molecule has 0 radical (unpaired) electrons. The van der Waals surface area contributed by atoms with Gasteiger partial charge in [-0.1, -0.05) is 73.8 Å². The van der Waals surface area contributed by atoms with Crippen molar-refractivity contribution in [3.8, 4) is 0 Å². The van der Waals surface area contributed by atoms with Gasteiger partial charge in [-0.15, -0.1) is 11.6 Å². The molecule has 30 heavy (non-hydrogen) atoms. The lowest BCUT2D eigenvalue weighted by Crippen LogP contribution is -2.30. The summed E-state index contributed by atoms with van der Waals surface area (Å²) in [5.41, 5.74) is 0. The first-order valence-electron chi connectivity index (χ1n) is 11.7. The highest BCUT2D eigenvalue weighted by Gasteiger charge is 2.35. The first-order chi connectivity index (χ1) is 14.5. The van der Waals surface area contributed by atoms with Gasteiger partial charge in [0.2, 0.25) is 5.91 Å². The minimum atomic E-state index is -0.773. The molecule has 0 bridgehead atoms. The maximum absolute atomic E-state index is 11.6. The van der Waals surface area contributed by atoms with E-state index in [0.717, 1.165) is 25.2 Å². The van der Waals surface area contributed by atoms with Gasteiger partial charge < -0.3 is 19.7 Å². The molecule has 0 aromatic rings. The van der Waals surface area contributed by atoms with E-state index in [2.05, 4.69) is 39.8 Å². The summed E-state index contributed by atoms with van der Waals surface area (Å²) in [4.78, 5) is 11.6. The van der Waals surface area contributed by atoms with E-state index in [0.29, 0.717) is 19.6 Å². The van der Waals surface area contributed by atoms with E-state index in [4.69, 9.17) is 9.47 Å². The molecule has 1 rings (SSSR count). The molecule has 1 aliphatic heterocycles. The average molecular weight is 444 g/mol. The summed E-state index contributed by atoms with van der Waals surface area (Å²) < 4.78 is 11.1. The van der Waals surface area contributed by atoms with Crippen LogP contribution in [-0.2, 0) is 14.3 Å². The van der Waals surface area contributed by atoms with Crippen molar-refractivity contribution in [1.29, 1.82) is 0 Å². The van der Waals surface area contributed by atoms with Crippen LogP contribution >= 0.6 is 11.6 Å². The minimum Gasteiger partial charge on any atom is -0.492 e. The van der Waals surface area contributed by atoms with Crippen molar-refractivity contribution < 1.29 is 19.3 Å². The topological polar surface area (TPSA) is 67.8 Å². The number of amides is 1. The predicted molar refractivity (Wildman–Crippen MR) is 132 cm³/mol. The molecule has 0 aromatic carbocycles. The highest BCUT2D eigenvalue weighted by Crippen LogP contribution is 2.26. The van der Waals surface area contributed by atoms with Gasteiger partial charge in [0, 0.05) is 6.61 Å². The van der Waals surface area contributed by atoms with Crippen molar-refractivity contribution in [2.45, 2.75) is 92.2 Å². The number of ether oxygens (including phenoxy) is 2. The van der Waals surface area contributed by atoms with Crippen molar-refractivity contribution in [3.63, 3.8) is 0 Å². The number of carbonyl (C=O) groups excluding carboxylic acids is 1. The van der Waals surface area contributed by atoms with E-state index in [1.54, 1.807) is 0 Å². The normalized spacial score (nSPS) is 17.1. The Hall–Kier alpha value is -0.915. The summed E-state index contributed by atoms with van der Waals surface area (Å²) >= 11 is 1.27. The first-order valence-corrected chi connectivity index (χ1v) is 12.6. The maximum atomic E-state index is 11.6. The lowest BCUT2D eigenvalue weighted by atomic mass is 10.0. The zero-order valence-electron chi connectivity index (χ0n) is 20.4. The van der Waals surface area contributed by atoms with Crippen molar-refractivity contribution in [3.05, 3.63) is 24.0 Å². The molecule has 0 spiro atoms.